The summed E-state index contributed by atoms with van der Waals surface area (Å²) in [5.74, 6) is -2.08. The van der Waals surface area contributed by atoms with Crippen LogP contribution in [0.3, 0.4) is 0 Å². The first kappa shape index (κ1) is 33.8. The number of ether oxygens (including phenoxy) is 2. The van der Waals surface area contributed by atoms with Crippen molar-refractivity contribution in [3.8, 4) is 0 Å². The zero-order chi connectivity index (χ0) is 28.6. The predicted molar refractivity (Wildman–Crippen MR) is 145 cm³/mol. The summed E-state index contributed by atoms with van der Waals surface area (Å²) in [5.41, 5.74) is -0.663. The van der Waals surface area contributed by atoms with E-state index in [0.717, 1.165) is 50.6 Å². The van der Waals surface area contributed by atoms with Crippen LogP contribution < -0.4 is 16.0 Å². The van der Waals surface area contributed by atoms with Gasteiger partial charge in [0.2, 0.25) is 0 Å². The Morgan fingerprint density at radius 2 is 1.70 bits per heavy atom. The first-order valence-electron chi connectivity index (χ1n) is 12.3. The third-order valence-electron chi connectivity index (χ3n) is 4.60. The number of hydrogen-bond acceptors (Lipinski definition) is 8. The maximum absolute atomic E-state index is 11.9. The number of thiazole rings is 1. The summed E-state index contributed by atoms with van der Waals surface area (Å²) in [5, 5.41) is 9.85. The van der Waals surface area contributed by atoms with Crippen LogP contribution in [-0.4, -0.2) is 47.6 Å². The van der Waals surface area contributed by atoms with Gasteiger partial charge in [-0.15, -0.1) is 11.3 Å². The Morgan fingerprint density at radius 1 is 1.05 bits per heavy atom. The topological polar surface area (TPSA) is 136 Å². The quantitative estimate of drug-likeness (QED) is 0.261. The molecule has 3 amide bonds. The second-order valence-electron chi connectivity index (χ2n) is 9.13. The molecule has 0 spiro atoms. The molecule has 208 valence electrons. The number of esters is 1. The van der Waals surface area contributed by atoms with Gasteiger partial charge in [0.25, 0.3) is 11.8 Å². The highest BCUT2D eigenvalue weighted by Crippen LogP contribution is 2.12. The standard InChI is InChI=1S/C14H17N3O4S.C12H25NO2/c1-5-6-11-17-10(7-22-11)13(19)15-8(2)12(18)16-9(3)14(20)21-4;1-6-8-9-10(7-2)13-11(14)15-12(3,4)5/h7H,2-3,5-6H2,1,4H3,(H,15,19)(H,16,18);10H,6-9H2,1-5H3,(H,13,14). The fraction of sp³-hybridized carbons (Fsp3) is 0.577. The Labute approximate surface area is 224 Å². The Morgan fingerprint density at radius 3 is 2.22 bits per heavy atom. The maximum Gasteiger partial charge on any atom is 0.407 e. The number of carbonyl (C=O) groups is 4. The van der Waals surface area contributed by atoms with Gasteiger partial charge < -0.3 is 25.4 Å². The number of nitrogens with zero attached hydrogens (tertiary/aromatic N) is 1. The van der Waals surface area contributed by atoms with Crippen molar-refractivity contribution in [3.63, 3.8) is 0 Å². The van der Waals surface area contributed by atoms with E-state index in [4.69, 9.17) is 4.74 Å². The van der Waals surface area contributed by atoms with Crippen molar-refractivity contribution in [2.24, 2.45) is 0 Å². The second kappa shape index (κ2) is 17.3. The van der Waals surface area contributed by atoms with Gasteiger partial charge in [-0.3, -0.25) is 9.59 Å². The highest BCUT2D eigenvalue weighted by atomic mass is 32.1. The number of unbranched alkanes of at least 4 members (excludes halogenated alkanes) is 1. The van der Waals surface area contributed by atoms with E-state index in [1.807, 2.05) is 27.7 Å². The largest absolute Gasteiger partial charge is 0.464 e. The van der Waals surface area contributed by atoms with E-state index in [1.165, 1.54) is 11.3 Å². The summed E-state index contributed by atoms with van der Waals surface area (Å²) in [6.45, 7) is 18.7. The van der Waals surface area contributed by atoms with Crippen LogP contribution in [0.2, 0.25) is 0 Å². The smallest absolute Gasteiger partial charge is 0.407 e. The minimum Gasteiger partial charge on any atom is -0.464 e. The maximum atomic E-state index is 11.9. The monoisotopic (exact) mass is 538 g/mol. The van der Waals surface area contributed by atoms with Gasteiger partial charge in [-0.25, -0.2) is 14.6 Å². The predicted octanol–water partition coefficient (Wildman–Crippen LogP) is 4.62. The van der Waals surface area contributed by atoms with Gasteiger partial charge in [0, 0.05) is 11.4 Å². The fourth-order valence-corrected chi connectivity index (χ4v) is 3.57. The molecule has 10 nitrogen and oxygen atoms in total. The molecule has 1 unspecified atom stereocenters. The van der Waals surface area contributed by atoms with Gasteiger partial charge in [0.15, 0.2) is 0 Å². The Kier molecular flexibility index (Phi) is 15.8. The minimum atomic E-state index is -0.781. The molecule has 0 radical (unpaired) electrons. The first-order chi connectivity index (χ1) is 17.3. The lowest BCUT2D eigenvalue weighted by Gasteiger charge is -2.23. The van der Waals surface area contributed by atoms with Crippen molar-refractivity contribution >= 4 is 35.2 Å². The van der Waals surface area contributed by atoms with E-state index in [9.17, 15) is 19.2 Å². The molecule has 1 aromatic rings. The lowest BCUT2D eigenvalue weighted by molar-refractivity contribution is -0.137. The van der Waals surface area contributed by atoms with E-state index in [2.05, 4.69) is 52.7 Å². The zero-order valence-electron chi connectivity index (χ0n) is 23.1. The lowest BCUT2D eigenvalue weighted by atomic mass is 10.1. The third kappa shape index (κ3) is 14.8. The molecule has 37 heavy (non-hydrogen) atoms. The van der Waals surface area contributed by atoms with Crippen molar-refractivity contribution in [2.75, 3.05) is 7.11 Å². The van der Waals surface area contributed by atoms with Crippen LogP contribution in [0.25, 0.3) is 0 Å². The van der Waals surface area contributed by atoms with Crippen molar-refractivity contribution < 1.29 is 28.7 Å². The van der Waals surface area contributed by atoms with Crippen molar-refractivity contribution in [2.45, 2.75) is 91.7 Å². The summed E-state index contributed by atoms with van der Waals surface area (Å²) >= 11 is 1.38. The van der Waals surface area contributed by atoms with Gasteiger partial charge in [0.05, 0.1) is 17.8 Å². The van der Waals surface area contributed by atoms with E-state index >= 15 is 0 Å². The number of carbonyl (C=O) groups excluding carboxylic acids is 4. The average molecular weight is 539 g/mol. The summed E-state index contributed by atoms with van der Waals surface area (Å²) in [7, 11) is 1.16. The van der Waals surface area contributed by atoms with Gasteiger partial charge in [-0.05, 0) is 46.5 Å². The van der Waals surface area contributed by atoms with E-state index in [0.29, 0.717) is 0 Å². The zero-order valence-corrected chi connectivity index (χ0v) is 23.9. The van der Waals surface area contributed by atoms with E-state index in [1.54, 1.807) is 5.38 Å². The average Bonchev–Trinajstić information content (AvgIpc) is 3.29. The van der Waals surface area contributed by atoms with Crippen LogP contribution >= 0.6 is 11.3 Å². The Bertz CT molecular complexity index is 936. The van der Waals surface area contributed by atoms with Crippen LogP contribution in [0.1, 0.15) is 89.1 Å². The van der Waals surface area contributed by atoms with Crippen LogP contribution in [0.15, 0.2) is 29.9 Å². The molecule has 3 N–H and O–H groups in total. The minimum absolute atomic E-state index is 0.217. The number of aryl methyl sites for hydroxylation is 1. The van der Waals surface area contributed by atoms with Crippen LogP contribution in [0, 0.1) is 0 Å². The van der Waals surface area contributed by atoms with E-state index < -0.39 is 23.4 Å². The summed E-state index contributed by atoms with van der Waals surface area (Å²) < 4.78 is 9.59. The Hall–Kier alpha value is -3.21. The van der Waals surface area contributed by atoms with Gasteiger partial charge in [0.1, 0.15) is 17.0 Å². The molecular formula is C26H42N4O6S. The third-order valence-corrected chi connectivity index (χ3v) is 5.51. The fourth-order valence-electron chi connectivity index (χ4n) is 2.69. The molecule has 11 heteroatoms. The van der Waals surface area contributed by atoms with Crippen molar-refractivity contribution in [1.29, 1.82) is 0 Å². The highest BCUT2D eigenvalue weighted by molar-refractivity contribution is 7.09. The molecule has 0 saturated heterocycles. The summed E-state index contributed by atoms with van der Waals surface area (Å²) in [4.78, 5) is 50.4. The Balaban J connectivity index is 0.000000757. The van der Waals surface area contributed by atoms with Crippen LogP contribution in [0.4, 0.5) is 4.79 Å². The number of nitrogens with one attached hydrogen (secondary N) is 3. The van der Waals surface area contributed by atoms with Crippen molar-refractivity contribution in [1.82, 2.24) is 20.9 Å². The number of rotatable bonds is 12. The molecule has 0 bridgehead atoms. The number of amides is 3. The highest BCUT2D eigenvalue weighted by Gasteiger charge is 2.19. The molecule has 1 rings (SSSR count). The van der Waals surface area contributed by atoms with Gasteiger partial charge >= 0.3 is 12.1 Å². The molecule has 1 aromatic heterocycles. The first-order valence-corrected chi connectivity index (χ1v) is 13.2. The number of alkyl carbamates (subject to hydrolysis) is 1. The van der Waals surface area contributed by atoms with Crippen molar-refractivity contribution in [3.05, 3.63) is 40.6 Å². The second-order valence-corrected chi connectivity index (χ2v) is 10.1. The molecule has 0 fully saturated rings. The molecular weight excluding hydrogens is 496 g/mol. The normalized spacial score (nSPS) is 11.2. The van der Waals surface area contributed by atoms with Gasteiger partial charge in [-0.2, -0.15) is 0 Å². The summed E-state index contributed by atoms with van der Waals surface area (Å²) in [6.07, 6.45) is 5.72. The van der Waals surface area contributed by atoms with Crippen LogP contribution in [0.5, 0.6) is 0 Å². The molecule has 0 aliphatic carbocycles. The molecule has 0 aliphatic heterocycles. The van der Waals surface area contributed by atoms with E-state index in [-0.39, 0.29) is 29.2 Å². The van der Waals surface area contributed by atoms with Crippen LogP contribution in [-0.2, 0) is 25.5 Å². The number of hydrogen-bond donors (Lipinski definition) is 3. The molecule has 0 saturated carbocycles. The molecule has 0 aliphatic rings. The number of methoxy groups -OCH3 is 1. The molecule has 1 atom stereocenters. The molecule has 0 aromatic carbocycles. The molecule has 1 heterocycles. The summed E-state index contributed by atoms with van der Waals surface area (Å²) in [6, 6.07) is 0.250. The SMILES string of the molecule is C=C(NC(=O)c1csc(CCC)n1)C(=O)NC(=C)C(=O)OC.CCCCC(CC)NC(=O)OC(C)(C)C. The lowest BCUT2D eigenvalue weighted by Crippen LogP contribution is -2.38. The number of aromatic nitrogens is 1. The van der Waals surface area contributed by atoms with Gasteiger partial charge in [-0.1, -0.05) is 46.8 Å².